The van der Waals surface area contributed by atoms with Crippen molar-refractivity contribution in [3.8, 4) is 0 Å². The molecule has 1 saturated heterocycles. The fourth-order valence-electron chi connectivity index (χ4n) is 3.80. The molecule has 0 saturated carbocycles. The summed E-state index contributed by atoms with van der Waals surface area (Å²) >= 11 is 0. The average molecular weight is 378 g/mol. The van der Waals surface area contributed by atoms with Gasteiger partial charge in [-0.15, -0.1) is 0 Å². The third-order valence-corrected chi connectivity index (χ3v) is 5.40. The lowest BCUT2D eigenvalue weighted by Crippen LogP contribution is -2.38. The minimum Gasteiger partial charge on any atom is -0.339 e. The first-order valence-electron chi connectivity index (χ1n) is 9.57. The molecule has 28 heavy (non-hydrogen) atoms. The predicted octanol–water partition coefficient (Wildman–Crippen LogP) is 3.79. The van der Waals surface area contributed by atoms with E-state index < -0.39 is 0 Å². The zero-order valence-corrected chi connectivity index (χ0v) is 15.9. The Bertz CT molecular complexity index is 962. The molecule has 1 aliphatic rings. The van der Waals surface area contributed by atoms with Gasteiger partial charge in [-0.25, -0.2) is 9.37 Å². The van der Waals surface area contributed by atoms with Crippen LogP contribution in [-0.4, -0.2) is 38.4 Å². The molecule has 1 fully saturated rings. The number of aryl methyl sites for hydroxylation is 1. The van der Waals surface area contributed by atoms with Crippen LogP contribution >= 0.6 is 0 Å². The van der Waals surface area contributed by atoms with Crippen LogP contribution in [0.5, 0.6) is 0 Å². The van der Waals surface area contributed by atoms with Gasteiger partial charge >= 0.3 is 0 Å². The van der Waals surface area contributed by atoms with Gasteiger partial charge in [0, 0.05) is 55.9 Å². The smallest absolute Gasteiger partial charge is 0.253 e. The van der Waals surface area contributed by atoms with E-state index in [1.807, 2.05) is 29.4 Å². The summed E-state index contributed by atoms with van der Waals surface area (Å²) in [6.45, 7) is 3.82. The topological polar surface area (TPSA) is 51.0 Å². The first-order chi connectivity index (χ1) is 13.6. The molecule has 5 nitrogen and oxygen atoms in total. The second-order valence-corrected chi connectivity index (χ2v) is 7.30. The Labute approximate surface area is 163 Å². The SMILES string of the molecule is Cc1cc(C(=O)N2CCC(c3nccn3Cc3ccncc3)CC2)ccc1F. The van der Waals surface area contributed by atoms with E-state index in [0.717, 1.165) is 25.2 Å². The molecule has 0 atom stereocenters. The second-order valence-electron chi connectivity index (χ2n) is 7.30. The summed E-state index contributed by atoms with van der Waals surface area (Å²) in [6, 6.07) is 8.58. The summed E-state index contributed by atoms with van der Waals surface area (Å²) in [5, 5.41) is 0. The van der Waals surface area contributed by atoms with E-state index in [-0.39, 0.29) is 11.7 Å². The average Bonchev–Trinajstić information content (AvgIpc) is 3.18. The molecule has 0 aliphatic carbocycles. The van der Waals surface area contributed by atoms with Crippen molar-refractivity contribution in [3.05, 3.63) is 83.5 Å². The molecule has 1 aromatic carbocycles. The van der Waals surface area contributed by atoms with E-state index in [2.05, 4.69) is 14.5 Å². The normalized spacial score (nSPS) is 15.0. The van der Waals surface area contributed by atoms with E-state index in [1.54, 1.807) is 31.5 Å². The van der Waals surface area contributed by atoms with Gasteiger partial charge in [0.2, 0.25) is 0 Å². The van der Waals surface area contributed by atoms with Crippen LogP contribution in [0, 0.1) is 12.7 Å². The van der Waals surface area contributed by atoms with Crippen molar-refractivity contribution in [2.75, 3.05) is 13.1 Å². The molecule has 1 aliphatic heterocycles. The van der Waals surface area contributed by atoms with E-state index >= 15 is 0 Å². The highest BCUT2D eigenvalue weighted by Gasteiger charge is 2.27. The molecular weight excluding hydrogens is 355 g/mol. The minimum atomic E-state index is -0.281. The first-order valence-corrected chi connectivity index (χ1v) is 9.57. The van der Waals surface area contributed by atoms with Crippen molar-refractivity contribution in [2.45, 2.75) is 32.2 Å². The van der Waals surface area contributed by atoms with Gasteiger partial charge in [-0.3, -0.25) is 9.78 Å². The quantitative estimate of drug-likeness (QED) is 0.694. The highest BCUT2D eigenvalue weighted by atomic mass is 19.1. The molecule has 2 aromatic heterocycles. The van der Waals surface area contributed by atoms with Crippen molar-refractivity contribution in [1.82, 2.24) is 19.4 Å². The number of benzene rings is 1. The van der Waals surface area contributed by atoms with Crippen molar-refractivity contribution in [2.24, 2.45) is 0 Å². The maximum atomic E-state index is 13.5. The number of halogens is 1. The summed E-state index contributed by atoms with van der Waals surface area (Å²) in [6.07, 6.45) is 9.20. The number of amides is 1. The van der Waals surface area contributed by atoms with Gasteiger partial charge in [-0.05, 0) is 61.2 Å². The maximum Gasteiger partial charge on any atom is 0.253 e. The number of rotatable bonds is 4. The minimum absolute atomic E-state index is 0.0262. The fraction of sp³-hybridized carbons (Fsp3) is 0.318. The second kappa shape index (κ2) is 7.92. The van der Waals surface area contributed by atoms with E-state index in [1.165, 1.54) is 11.6 Å². The summed E-state index contributed by atoms with van der Waals surface area (Å²) in [7, 11) is 0. The third-order valence-electron chi connectivity index (χ3n) is 5.40. The molecule has 0 bridgehead atoms. The number of imidazole rings is 1. The Balaban J connectivity index is 1.41. The molecule has 6 heteroatoms. The molecule has 4 rings (SSSR count). The number of likely N-dealkylation sites (tertiary alicyclic amines) is 1. The van der Waals surface area contributed by atoms with Crippen LogP contribution in [0.15, 0.2) is 55.1 Å². The highest BCUT2D eigenvalue weighted by Crippen LogP contribution is 2.28. The number of pyridine rings is 1. The third kappa shape index (κ3) is 3.81. The van der Waals surface area contributed by atoms with E-state index in [9.17, 15) is 9.18 Å². The molecule has 0 unspecified atom stereocenters. The van der Waals surface area contributed by atoms with Gasteiger partial charge in [-0.2, -0.15) is 0 Å². The molecule has 1 amide bonds. The summed E-state index contributed by atoms with van der Waals surface area (Å²) in [5.41, 5.74) is 2.24. The summed E-state index contributed by atoms with van der Waals surface area (Å²) in [4.78, 5) is 23.3. The van der Waals surface area contributed by atoms with Gasteiger partial charge in [0.15, 0.2) is 0 Å². The number of carbonyl (C=O) groups is 1. The van der Waals surface area contributed by atoms with Crippen LogP contribution in [0.3, 0.4) is 0 Å². The predicted molar refractivity (Wildman–Crippen MR) is 105 cm³/mol. The van der Waals surface area contributed by atoms with Gasteiger partial charge in [-0.1, -0.05) is 0 Å². The van der Waals surface area contributed by atoms with Gasteiger partial charge < -0.3 is 9.47 Å². The Hall–Kier alpha value is -3.02. The number of hydrogen-bond donors (Lipinski definition) is 0. The number of aromatic nitrogens is 3. The van der Waals surface area contributed by atoms with Crippen molar-refractivity contribution in [3.63, 3.8) is 0 Å². The molecule has 0 spiro atoms. The number of hydrogen-bond acceptors (Lipinski definition) is 3. The van der Waals surface area contributed by atoms with Crippen molar-refractivity contribution < 1.29 is 9.18 Å². The van der Waals surface area contributed by atoms with Crippen LogP contribution in [0.4, 0.5) is 4.39 Å². The Morgan fingerprint density at radius 2 is 1.89 bits per heavy atom. The number of carbonyl (C=O) groups excluding carboxylic acids is 1. The number of nitrogens with zero attached hydrogens (tertiary/aromatic N) is 4. The lowest BCUT2D eigenvalue weighted by molar-refractivity contribution is 0.0710. The highest BCUT2D eigenvalue weighted by molar-refractivity contribution is 5.94. The van der Waals surface area contributed by atoms with Crippen molar-refractivity contribution >= 4 is 5.91 Å². The lowest BCUT2D eigenvalue weighted by Gasteiger charge is -2.32. The Morgan fingerprint density at radius 3 is 2.61 bits per heavy atom. The van der Waals surface area contributed by atoms with Crippen LogP contribution < -0.4 is 0 Å². The van der Waals surface area contributed by atoms with Gasteiger partial charge in [0.1, 0.15) is 11.6 Å². The largest absolute Gasteiger partial charge is 0.339 e. The monoisotopic (exact) mass is 378 g/mol. The first kappa shape index (κ1) is 18.3. The van der Waals surface area contributed by atoms with Crippen LogP contribution in [0.2, 0.25) is 0 Å². The van der Waals surface area contributed by atoms with Gasteiger partial charge in [0.05, 0.1) is 0 Å². The summed E-state index contributed by atoms with van der Waals surface area (Å²) < 4.78 is 15.7. The Kier molecular flexibility index (Phi) is 5.19. The van der Waals surface area contributed by atoms with E-state index in [4.69, 9.17) is 0 Å². The standard InChI is InChI=1S/C22H23FN4O/c1-16-14-19(2-3-20(16)23)22(28)26-11-6-18(7-12-26)21-25-10-13-27(21)15-17-4-8-24-9-5-17/h2-5,8-10,13-14,18H,6-7,11-12,15H2,1H3. The summed E-state index contributed by atoms with van der Waals surface area (Å²) in [5.74, 6) is 1.09. The molecule has 144 valence electrons. The van der Waals surface area contributed by atoms with Crippen LogP contribution in [-0.2, 0) is 6.54 Å². The fourth-order valence-corrected chi connectivity index (χ4v) is 3.80. The zero-order chi connectivity index (χ0) is 19.5. The zero-order valence-electron chi connectivity index (χ0n) is 15.9. The van der Waals surface area contributed by atoms with E-state index in [0.29, 0.717) is 30.1 Å². The number of piperidine rings is 1. The lowest BCUT2D eigenvalue weighted by atomic mass is 9.95. The molecule has 3 aromatic rings. The van der Waals surface area contributed by atoms with Crippen LogP contribution in [0.25, 0.3) is 0 Å². The molecular formula is C22H23FN4O. The maximum absolute atomic E-state index is 13.5. The van der Waals surface area contributed by atoms with Gasteiger partial charge in [0.25, 0.3) is 5.91 Å². The van der Waals surface area contributed by atoms with Crippen LogP contribution in [0.1, 0.15) is 46.1 Å². The Morgan fingerprint density at radius 1 is 1.14 bits per heavy atom. The molecule has 0 N–H and O–H groups in total. The van der Waals surface area contributed by atoms with Crippen molar-refractivity contribution in [1.29, 1.82) is 0 Å². The molecule has 3 heterocycles. The molecule has 0 radical (unpaired) electrons.